The van der Waals surface area contributed by atoms with Gasteiger partial charge in [-0.15, -0.1) is 0 Å². The molecule has 26 heavy (non-hydrogen) atoms. The summed E-state index contributed by atoms with van der Waals surface area (Å²) in [5.41, 5.74) is 9.50. The van der Waals surface area contributed by atoms with E-state index in [1.54, 1.807) is 0 Å². The van der Waals surface area contributed by atoms with Crippen LogP contribution in [0.2, 0.25) is 0 Å². The Morgan fingerprint density at radius 3 is 2.69 bits per heavy atom. The largest absolute Gasteiger partial charge is 0.341 e. The van der Waals surface area contributed by atoms with Gasteiger partial charge in [0.25, 0.3) is 0 Å². The number of hydrogen-bond donors (Lipinski definition) is 1. The molecule has 1 N–H and O–H groups in total. The standard InChI is InChI=1S/C24H24N2/c1-4-26-23-11-9-18(13-19-8-6-5-7-16(19)2)14-21(23)22-15-20(17(3)25)10-12-24(22)26/h5-13,15,25H,4,14H2,1-3H3. The molecule has 1 aromatic heterocycles. The van der Waals surface area contributed by atoms with Crippen molar-refractivity contribution in [1.82, 2.24) is 4.57 Å². The minimum absolute atomic E-state index is 0.618. The molecule has 1 aliphatic carbocycles. The fourth-order valence-corrected chi connectivity index (χ4v) is 3.89. The predicted molar refractivity (Wildman–Crippen MR) is 112 cm³/mol. The second kappa shape index (κ2) is 6.45. The molecule has 2 nitrogen and oxygen atoms in total. The molecule has 0 fully saturated rings. The molecule has 1 aliphatic rings. The van der Waals surface area contributed by atoms with Crippen LogP contribution in [0, 0.1) is 12.3 Å². The molecule has 0 amide bonds. The van der Waals surface area contributed by atoms with Gasteiger partial charge in [-0.05, 0) is 66.8 Å². The maximum absolute atomic E-state index is 7.98. The minimum Gasteiger partial charge on any atom is -0.341 e. The number of rotatable bonds is 3. The van der Waals surface area contributed by atoms with Crippen molar-refractivity contribution >= 4 is 28.8 Å². The Kier molecular flexibility index (Phi) is 4.12. The van der Waals surface area contributed by atoms with Crippen molar-refractivity contribution in [3.05, 3.63) is 82.1 Å². The van der Waals surface area contributed by atoms with Crippen LogP contribution in [-0.4, -0.2) is 10.3 Å². The van der Waals surface area contributed by atoms with Crippen LogP contribution in [0.1, 0.15) is 41.8 Å². The number of aromatic nitrogens is 1. The lowest BCUT2D eigenvalue weighted by molar-refractivity contribution is 0.783. The summed E-state index contributed by atoms with van der Waals surface area (Å²) < 4.78 is 2.38. The number of nitrogens with one attached hydrogen (secondary N) is 1. The fraction of sp³-hybridized carbons (Fsp3) is 0.208. The summed E-state index contributed by atoms with van der Waals surface area (Å²) in [5.74, 6) is 0. The first-order valence-corrected chi connectivity index (χ1v) is 9.23. The van der Waals surface area contributed by atoms with E-state index < -0.39 is 0 Å². The van der Waals surface area contributed by atoms with Gasteiger partial charge in [-0.3, -0.25) is 0 Å². The van der Waals surface area contributed by atoms with E-state index in [0.29, 0.717) is 5.71 Å². The smallest absolute Gasteiger partial charge is 0.0488 e. The quantitative estimate of drug-likeness (QED) is 0.566. The minimum atomic E-state index is 0.618. The first-order valence-electron chi connectivity index (χ1n) is 9.23. The molecule has 1 heterocycles. The highest BCUT2D eigenvalue weighted by Gasteiger charge is 2.19. The summed E-state index contributed by atoms with van der Waals surface area (Å²) in [4.78, 5) is 0. The number of fused-ring (bicyclic) bond motifs is 3. The lowest BCUT2D eigenvalue weighted by Gasteiger charge is -2.13. The van der Waals surface area contributed by atoms with Crippen molar-refractivity contribution < 1.29 is 0 Å². The van der Waals surface area contributed by atoms with Gasteiger partial charge in [0, 0.05) is 35.3 Å². The van der Waals surface area contributed by atoms with E-state index in [0.717, 1.165) is 18.5 Å². The van der Waals surface area contributed by atoms with Crippen LogP contribution in [-0.2, 0) is 13.0 Å². The molecule has 0 saturated carbocycles. The number of hydrogen-bond acceptors (Lipinski definition) is 1. The van der Waals surface area contributed by atoms with Gasteiger partial charge in [0.15, 0.2) is 0 Å². The highest BCUT2D eigenvalue weighted by atomic mass is 15.0. The summed E-state index contributed by atoms with van der Waals surface area (Å²) in [6, 6.07) is 14.9. The van der Waals surface area contributed by atoms with Gasteiger partial charge in [-0.25, -0.2) is 0 Å². The van der Waals surface area contributed by atoms with Crippen molar-refractivity contribution in [1.29, 1.82) is 5.41 Å². The Morgan fingerprint density at radius 1 is 1.15 bits per heavy atom. The number of nitrogens with zero attached hydrogens (tertiary/aromatic N) is 1. The average molecular weight is 340 g/mol. The molecule has 0 unspecified atom stereocenters. The number of allylic oxidation sites excluding steroid dienone is 2. The van der Waals surface area contributed by atoms with E-state index in [9.17, 15) is 0 Å². The highest BCUT2D eigenvalue weighted by molar-refractivity contribution is 6.01. The Bertz CT molecular complexity index is 1080. The molecule has 0 spiro atoms. The molecule has 2 aromatic carbocycles. The van der Waals surface area contributed by atoms with Crippen LogP contribution >= 0.6 is 0 Å². The van der Waals surface area contributed by atoms with E-state index in [2.05, 4.69) is 79.1 Å². The lowest BCUT2D eigenvalue weighted by atomic mass is 9.93. The van der Waals surface area contributed by atoms with Crippen LogP contribution in [0.25, 0.3) is 23.1 Å². The fourth-order valence-electron chi connectivity index (χ4n) is 3.89. The van der Waals surface area contributed by atoms with Gasteiger partial charge in [-0.1, -0.05) is 42.5 Å². The Labute approximate surface area is 155 Å². The van der Waals surface area contributed by atoms with Crippen LogP contribution in [0.5, 0.6) is 0 Å². The van der Waals surface area contributed by atoms with Crippen LogP contribution in [0.4, 0.5) is 0 Å². The van der Waals surface area contributed by atoms with E-state index in [4.69, 9.17) is 5.41 Å². The Morgan fingerprint density at radius 2 is 1.96 bits per heavy atom. The van der Waals surface area contributed by atoms with Crippen LogP contribution in [0.15, 0.2) is 54.1 Å². The molecule has 0 bridgehead atoms. The summed E-state index contributed by atoms with van der Waals surface area (Å²) in [7, 11) is 0. The lowest BCUT2D eigenvalue weighted by Crippen LogP contribution is -2.01. The van der Waals surface area contributed by atoms with Crippen molar-refractivity contribution in [2.45, 2.75) is 33.7 Å². The number of benzene rings is 2. The zero-order valence-electron chi connectivity index (χ0n) is 15.6. The molecular weight excluding hydrogens is 316 g/mol. The number of aryl methyl sites for hydroxylation is 2. The van der Waals surface area contributed by atoms with Crippen molar-refractivity contribution in [3.8, 4) is 0 Å². The van der Waals surface area contributed by atoms with Gasteiger partial charge in [0.1, 0.15) is 0 Å². The van der Waals surface area contributed by atoms with Gasteiger partial charge in [0.2, 0.25) is 0 Å². The maximum atomic E-state index is 7.98. The van der Waals surface area contributed by atoms with E-state index in [1.807, 2.05) is 6.92 Å². The van der Waals surface area contributed by atoms with Gasteiger partial charge in [0.05, 0.1) is 0 Å². The molecule has 130 valence electrons. The topological polar surface area (TPSA) is 28.8 Å². The molecule has 4 rings (SSSR count). The maximum Gasteiger partial charge on any atom is 0.0488 e. The van der Waals surface area contributed by atoms with Crippen molar-refractivity contribution in [2.75, 3.05) is 0 Å². The SMILES string of the molecule is CCn1c2c(c3cc(C(C)=N)ccc31)CC(=Cc1ccccc1C)C=C2. The molecule has 0 aliphatic heterocycles. The van der Waals surface area contributed by atoms with E-state index >= 15 is 0 Å². The summed E-state index contributed by atoms with van der Waals surface area (Å²) in [6.07, 6.45) is 7.74. The average Bonchev–Trinajstić information content (AvgIpc) is 2.96. The zero-order valence-corrected chi connectivity index (χ0v) is 15.6. The molecule has 0 radical (unpaired) electrons. The van der Waals surface area contributed by atoms with Crippen LogP contribution < -0.4 is 0 Å². The first-order chi connectivity index (χ1) is 12.6. The molecule has 0 atom stereocenters. The molecule has 0 saturated heterocycles. The van der Waals surface area contributed by atoms with E-state index in [-0.39, 0.29) is 0 Å². The third-order valence-electron chi connectivity index (χ3n) is 5.33. The highest BCUT2D eigenvalue weighted by Crippen LogP contribution is 2.34. The molecule has 3 aromatic rings. The van der Waals surface area contributed by atoms with Gasteiger partial charge >= 0.3 is 0 Å². The Balaban J connectivity index is 1.86. The monoisotopic (exact) mass is 340 g/mol. The van der Waals surface area contributed by atoms with E-state index in [1.165, 1.54) is 38.9 Å². The van der Waals surface area contributed by atoms with Gasteiger partial charge < -0.3 is 9.98 Å². The summed E-state index contributed by atoms with van der Waals surface area (Å²) in [5, 5.41) is 9.27. The summed E-state index contributed by atoms with van der Waals surface area (Å²) >= 11 is 0. The second-order valence-corrected chi connectivity index (χ2v) is 7.05. The second-order valence-electron chi connectivity index (χ2n) is 7.05. The van der Waals surface area contributed by atoms with Gasteiger partial charge in [-0.2, -0.15) is 0 Å². The van der Waals surface area contributed by atoms with Crippen molar-refractivity contribution in [3.63, 3.8) is 0 Å². The first kappa shape index (κ1) is 16.6. The van der Waals surface area contributed by atoms with Crippen molar-refractivity contribution in [2.24, 2.45) is 0 Å². The molecular formula is C24H24N2. The third-order valence-corrected chi connectivity index (χ3v) is 5.33. The van der Waals surface area contributed by atoms with Crippen LogP contribution in [0.3, 0.4) is 0 Å². The predicted octanol–water partition coefficient (Wildman–Crippen LogP) is 6.01. The summed E-state index contributed by atoms with van der Waals surface area (Å²) in [6.45, 7) is 7.16. The normalized spacial score (nSPS) is 14.8. The zero-order chi connectivity index (χ0) is 18.3. The Hall–Kier alpha value is -2.87. The molecule has 2 heteroatoms. The third kappa shape index (κ3) is 2.72.